The van der Waals surface area contributed by atoms with Crippen LogP contribution in [0.4, 0.5) is 0 Å². The number of methoxy groups -OCH3 is 2. The average Bonchev–Trinajstić information content (AvgIpc) is 2.54. The molecule has 1 aromatic carbocycles. The fraction of sp³-hybridized carbons (Fsp3) is 0.353. The van der Waals surface area contributed by atoms with E-state index < -0.39 is 0 Å². The van der Waals surface area contributed by atoms with Crippen LogP contribution in [0.5, 0.6) is 11.5 Å². The van der Waals surface area contributed by atoms with Crippen molar-refractivity contribution in [3.63, 3.8) is 0 Å². The summed E-state index contributed by atoms with van der Waals surface area (Å²) in [5.74, 6) is 1.49. The number of aromatic nitrogens is 1. The Bertz CT molecular complexity index is 572. The second-order valence-corrected chi connectivity index (χ2v) is 5.01. The van der Waals surface area contributed by atoms with Crippen LogP contribution in [0.15, 0.2) is 42.7 Å². The van der Waals surface area contributed by atoms with Crippen LogP contribution < -0.4 is 14.8 Å². The SMILES string of the molecule is COc1ccc(C(C)N[C@H](C)c2cccnc2)cc1OC. The molecule has 0 amide bonds. The highest BCUT2D eigenvalue weighted by atomic mass is 16.5. The Morgan fingerprint density at radius 1 is 0.952 bits per heavy atom. The highest BCUT2D eigenvalue weighted by molar-refractivity contribution is 5.43. The Balaban J connectivity index is 2.11. The Labute approximate surface area is 126 Å². The zero-order chi connectivity index (χ0) is 15.2. The molecule has 0 bridgehead atoms. The van der Waals surface area contributed by atoms with Gasteiger partial charge < -0.3 is 14.8 Å². The van der Waals surface area contributed by atoms with E-state index >= 15 is 0 Å². The highest BCUT2D eigenvalue weighted by Crippen LogP contribution is 2.30. The Morgan fingerprint density at radius 2 is 1.67 bits per heavy atom. The number of rotatable bonds is 6. The first-order chi connectivity index (χ1) is 10.2. The molecule has 0 saturated carbocycles. The van der Waals surface area contributed by atoms with Gasteiger partial charge in [0, 0.05) is 24.5 Å². The van der Waals surface area contributed by atoms with Crippen LogP contribution in [0, 0.1) is 0 Å². The lowest BCUT2D eigenvalue weighted by molar-refractivity contribution is 0.353. The maximum Gasteiger partial charge on any atom is 0.161 e. The minimum absolute atomic E-state index is 0.194. The molecular weight excluding hydrogens is 264 g/mol. The van der Waals surface area contributed by atoms with Crippen LogP contribution in [-0.2, 0) is 0 Å². The van der Waals surface area contributed by atoms with Crippen molar-refractivity contribution in [1.82, 2.24) is 10.3 Å². The molecule has 0 aliphatic rings. The van der Waals surface area contributed by atoms with E-state index in [0.29, 0.717) is 0 Å². The predicted molar refractivity (Wildman–Crippen MR) is 83.7 cm³/mol. The summed E-state index contributed by atoms with van der Waals surface area (Å²) in [4.78, 5) is 4.16. The molecule has 4 nitrogen and oxygen atoms in total. The van der Waals surface area contributed by atoms with Gasteiger partial charge in [0.15, 0.2) is 11.5 Å². The molecule has 1 N–H and O–H groups in total. The van der Waals surface area contributed by atoms with Crippen LogP contribution in [0.1, 0.15) is 37.1 Å². The number of benzene rings is 1. The second kappa shape index (κ2) is 7.09. The van der Waals surface area contributed by atoms with Crippen molar-refractivity contribution < 1.29 is 9.47 Å². The Hall–Kier alpha value is -2.07. The summed E-state index contributed by atoms with van der Waals surface area (Å²) in [7, 11) is 3.29. The maximum atomic E-state index is 5.35. The summed E-state index contributed by atoms with van der Waals surface area (Å²) < 4.78 is 10.6. The van der Waals surface area contributed by atoms with Crippen molar-refractivity contribution in [2.75, 3.05) is 14.2 Å². The van der Waals surface area contributed by atoms with Gasteiger partial charge in [0.25, 0.3) is 0 Å². The molecule has 0 aliphatic heterocycles. The monoisotopic (exact) mass is 286 g/mol. The van der Waals surface area contributed by atoms with Crippen molar-refractivity contribution in [2.45, 2.75) is 25.9 Å². The summed E-state index contributed by atoms with van der Waals surface area (Å²) in [6.45, 7) is 4.27. The topological polar surface area (TPSA) is 43.4 Å². The van der Waals surface area contributed by atoms with E-state index in [0.717, 1.165) is 17.1 Å². The van der Waals surface area contributed by atoms with Gasteiger partial charge in [0.2, 0.25) is 0 Å². The molecule has 2 aromatic rings. The van der Waals surface area contributed by atoms with Crippen LogP contribution >= 0.6 is 0 Å². The van der Waals surface area contributed by atoms with Gasteiger partial charge in [0.05, 0.1) is 14.2 Å². The zero-order valence-electron chi connectivity index (χ0n) is 13.0. The summed E-state index contributed by atoms with van der Waals surface area (Å²) in [5, 5.41) is 3.56. The van der Waals surface area contributed by atoms with Gasteiger partial charge in [0.1, 0.15) is 0 Å². The number of ether oxygens (including phenoxy) is 2. The quantitative estimate of drug-likeness (QED) is 0.882. The van der Waals surface area contributed by atoms with Gasteiger partial charge in [-0.15, -0.1) is 0 Å². The molecule has 1 heterocycles. The lowest BCUT2D eigenvalue weighted by Gasteiger charge is -2.21. The third kappa shape index (κ3) is 3.73. The summed E-state index contributed by atoms with van der Waals surface area (Å²) in [5.41, 5.74) is 2.33. The molecule has 112 valence electrons. The minimum atomic E-state index is 0.194. The van der Waals surface area contributed by atoms with E-state index in [1.165, 1.54) is 5.56 Å². The van der Waals surface area contributed by atoms with Crippen LogP contribution in [-0.4, -0.2) is 19.2 Å². The first-order valence-electron chi connectivity index (χ1n) is 7.03. The highest BCUT2D eigenvalue weighted by Gasteiger charge is 2.13. The van der Waals surface area contributed by atoms with Crippen LogP contribution in [0.2, 0.25) is 0 Å². The van der Waals surface area contributed by atoms with E-state index in [1.54, 1.807) is 20.4 Å². The molecule has 0 aliphatic carbocycles. The van der Waals surface area contributed by atoms with Crippen molar-refractivity contribution in [1.29, 1.82) is 0 Å². The van der Waals surface area contributed by atoms with E-state index in [1.807, 2.05) is 24.4 Å². The number of hydrogen-bond acceptors (Lipinski definition) is 4. The number of nitrogens with one attached hydrogen (secondary N) is 1. The summed E-state index contributed by atoms with van der Waals surface area (Å²) in [6.07, 6.45) is 3.67. The van der Waals surface area contributed by atoms with Crippen molar-refractivity contribution in [2.24, 2.45) is 0 Å². The molecule has 21 heavy (non-hydrogen) atoms. The smallest absolute Gasteiger partial charge is 0.161 e. The standard InChI is InChI=1S/C17H22N2O2/c1-12(19-13(2)15-6-5-9-18-11-15)14-7-8-16(20-3)17(10-14)21-4/h5-13,19H,1-4H3/t12?,13-/m1/s1. The van der Waals surface area contributed by atoms with Gasteiger partial charge in [-0.05, 0) is 43.2 Å². The molecule has 4 heteroatoms. The molecular formula is C17H22N2O2. The van der Waals surface area contributed by atoms with Crippen molar-refractivity contribution >= 4 is 0 Å². The summed E-state index contributed by atoms with van der Waals surface area (Å²) >= 11 is 0. The van der Waals surface area contributed by atoms with Gasteiger partial charge >= 0.3 is 0 Å². The second-order valence-electron chi connectivity index (χ2n) is 5.01. The van der Waals surface area contributed by atoms with E-state index in [-0.39, 0.29) is 12.1 Å². The zero-order valence-corrected chi connectivity index (χ0v) is 13.0. The van der Waals surface area contributed by atoms with Crippen LogP contribution in [0.3, 0.4) is 0 Å². The first-order valence-corrected chi connectivity index (χ1v) is 7.03. The van der Waals surface area contributed by atoms with Gasteiger partial charge in [-0.25, -0.2) is 0 Å². The molecule has 0 spiro atoms. The fourth-order valence-corrected chi connectivity index (χ4v) is 2.32. The maximum absolute atomic E-state index is 5.35. The van der Waals surface area contributed by atoms with Gasteiger partial charge in [-0.2, -0.15) is 0 Å². The molecule has 0 radical (unpaired) electrons. The Kier molecular flexibility index (Phi) is 5.17. The van der Waals surface area contributed by atoms with Crippen molar-refractivity contribution in [3.05, 3.63) is 53.9 Å². The number of nitrogens with zero attached hydrogens (tertiary/aromatic N) is 1. The first kappa shape index (κ1) is 15.3. The lowest BCUT2D eigenvalue weighted by atomic mass is 10.0. The van der Waals surface area contributed by atoms with Crippen LogP contribution in [0.25, 0.3) is 0 Å². The molecule has 2 rings (SSSR count). The van der Waals surface area contributed by atoms with E-state index in [2.05, 4.69) is 36.3 Å². The largest absolute Gasteiger partial charge is 0.493 e. The normalized spacial score (nSPS) is 13.5. The minimum Gasteiger partial charge on any atom is -0.493 e. The predicted octanol–water partition coefficient (Wildman–Crippen LogP) is 3.51. The third-order valence-electron chi connectivity index (χ3n) is 3.59. The third-order valence-corrected chi connectivity index (χ3v) is 3.59. The molecule has 0 fully saturated rings. The number of pyridine rings is 1. The molecule has 1 aromatic heterocycles. The fourth-order valence-electron chi connectivity index (χ4n) is 2.32. The van der Waals surface area contributed by atoms with Gasteiger partial charge in [-0.3, -0.25) is 4.98 Å². The molecule has 0 saturated heterocycles. The van der Waals surface area contributed by atoms with E-state index in [9.17, 15) is 0 Å². The Morgan fingerprint density at radius 3 is 2.29 bits per heavy atom. The van der Waals surface area contributed by atoms with Gasteiger partial charge in [-0.1, -0.05) is 12.1 Å². The lowest BCUT2D eigenvalue weighted by Crippen LogP contribution is -2.22. The molecule has 1 unspecified atom stereocenters. The summed E-state index contributed by atoms with van der Waals surface area (Å²) in [6, 6.07) is 10.4. The molecule has 2 atom stereocenters. The van der Waals surface area contributed by atoms with Crippen molar-refractivity contribution in [3.8, 4) is 11.5 Å². The number of hydrogen-bond donors (Lipinski definition) is 1. The average molecular weight is 286 g/mol. The van der Waals surface area contributed by atoms with E-state index in [4.69, 9.17) is 9.47 Å².